The molecule has 1 saturated carbocycles. The molecule has 112 valence electrons. The number of nitrogens with one attached hydrogen (secondary N) is 1. The fourth-order valence-electron chi connectivity index (χ4n) is 3.32. The first-order valence-corrected chi connectivity index (χ1v) is 8.61. The highest BCUT2D eigenvalue weighted by Crippen LogP contribution is 2.34. The maximum absolute atomic E-state index is 6.36. The van der Waals surface area contributed by atoms with Gasteiger partial charge in [0.15, 0.2) is 0 Å². The Hall–Kier alpha value is -0.240. The summed E-state index contributed by atoms with van der Waals surface area (Å²) in [6, 6.07) is 6.01. The minimum absolute atomic E-state index is 0.682. The molecule has 1 fully saturated rings. The van der Waals surface area contributed by atoms with Crippen molar-refractivity contribution in [1.82, 2.24) is 5.32 Å². The summed E-state index contributed by atoms with van der Waals surface area (Å²) in [5.74, 6) is 1.50. The zero-order chi connectivity index (χ0) is 14.4. The summed E-state index contributed by atoms with van der Waals surface area (Å²) >= 11 is 12.5. The Labute approximate surface area is 133 Å². The van der Waals surface area contributed by atoms with Crippen molar-refractivity contribution >= 4 is 23.2 Å². The van der Waals surface area contributed by atoms with E-state index in [1.807, 2.05) is 12.1 Å². The molecule has 1 nitrogen and oxygen atoms in total. The second kappa shape index (κ2) is 8.26. The summed E-state index contributed by atoms with van der Waals surface area (Å²) in [6.45, 7) is 4.38. The van der Waals surface area contributed by atoms with E-state index in [4.69, 9.17) is 23.2 Å². The van der Waals surface area contributed by atoms with Gasteiger partial charge in [-0.25, -0.2) is 0 Å². The van der Waals surface area contributed by atoms with Crippen molar-refractivity contribution in [1.29, 1.82) is 0 Å². The van der Waals surface area contributed by atoms with Gasteiger partial charge in [0.05, 0.1) is 10.0 Å². The van der Waals surface area contributed by atoms with Crippen molar-refractivity contribution in [2.24, 2.45) is 11.8 Å². The van der Waals surface area contributed by atoms with Gasteiger partial charge in [0, 0.05) is 0 Å². The van der Waals surface area contributed by atoms with Crippen LogP contribution in [-0.4, -0.2) is 13.1 Å². The van der Waals surface area contributed by atoms with E-state index >= 15 is 0 Å². The molecule has 2 rings (SSSR count). The summed E-state index contributed by atoms with van der Waals surface area (Å²) in [4.78, 5) is 0. The van der Waals surface area contributed by atoms with Gasteiger partial charge in [-0.15, -0.1) is 0 Å². The van der Waals surface area contributed by atoms with Crippen LogP contribution in [0.15, 0.2) is 18.2 Å². The van der Waals surface area contributed by atoms with Crippen molar-refractivity contribution in [2.45, 2.75) is 45.4 Å². The molecule has 0 aliphatic heterocycles. The molecular weight excluding hydrogens is 289 g/mol. The van der Waals surface area contributed by atoms with Crippen LogP contribution in [0.1, 0.15) is 44.6 Å². The monoisotopic (exact) mass is 313 g/mol. The van der Waals surface area contributed by atoms with Crippen LogP contribution in [0.4, 0.5) is 0 Å². The van der Waals surface area contributed by atoms with Crippen LogP contribution < -0.4 is 5.32 Å². The fourth-order valence-corrected chi connectivity index (χ4v) is 3.71. The van der Waals surface area contributed by atoms with Gasteiger partial charge in [-0.3, -0.25) is 0 Å². The Morgan fingerprint density at radius 1 is 1.10 bits per heavy atom. The quantitative estimate of drug-likeness (QED) is 0.723. The van der Waals surface area contributed by atoms with Gasteiger partial charge in [-0.05, 0) is 55.8 Å². The third kappa shape index (κ3) is 4.38. The number of benzene rings is 1. The molecule has 2 unspecified atom stereocenters. The molecule has 1 aromatic rings. The van der Waals surface area contributed by atoms with E-state index in [1.165, 1.54) is 37.7 Å². The Bertz CT molecular complexity index is 419. The number of hydrogen-bond donors (Lipinski definition) is 1. The smallest absolute Gasteiger partial charge is 0.0624 e. The van der Waals surface area contributed by atoms with Crippen molar-refractivity contribution in [3.63, 3.8) is 0 Å². The normalized spacial score (nSPS) is 23.6. The summed E-state index contributed by atoms with van der Waals surface area (Å²) < 4.78 is 0. The predicted octanol–water partition coefficient (Wildman–Crippen LogP) is 5.34. The number of hydrogen-bond acceptors (Lipinski definition) is 1. The van der Waals surface area contributed by atoms with E-state index in [0.29, 0.717) is 5.02 Å². The maximum atomic E-state index is 6.36. The second-order valence-corrected chi connectivity index (χ2v) is 6.67. The molecule has 0 aromatic heterocycles. The average molecular weight is 314 g/mol. The van der Waals surface area contributed by atoms with Gasteiger partial charge in [0.25, 0.3) is 0 Å². The molecule has 0 bridgehead atoms. The molecule has 20 heavy (non-hydrogen) atoms. The van der Waals surface area contributed by atoms with Gasteiger partial charge in [-0.1, -0.05) is 61.5 Å². The Morgan fingerprint density at radius 2 is 1.85 bits per heavy atom. The van der Waals surface area contributed by atoms with E-state index in [-0.39, 0.29) is 0 Å². The van der Waals surface area contributed by atoms with Gasteiger partial charge >= 0.3 is 0 Å². The minimum atomic E-state index is 0.682. The molecule has 1 aromatic carbocycles. The van der Waals surface area contributed by atoms with Crippen LogP contribution in [0, 0.1) is 11.8 Å². The number of halogens is 2. The first kappa shape index (κ1) is 16.1. The second-order valence-electron chi connectivity index (χ2n) is 5.88. The summed E-state index contributed by atoms with van der Waals surface area (Å²) in [5.41, 5.74) is 1.22. The molecular formula is C17H25Cl2N. The SMILES string of the molecule is CCNCC1CCCCCC1Cc1cccc(Cl)c1Cl. The molecule has 1 aliphatic carbocycles. The Balaban J connectivity index is 2.08. The first-order chi connectivity index (χ1) is 9.72. The average Bonchev–Trinajstić information content (AvgIpc) is 2.67. The third-order valence-electron chi connectivity index (χ3n) is 4.49. The topological polar surface area (TPSA) is 12.0 Å². The van der Waals surface area contributed by atoms with E-state index in [2.05, 4.69) is 18.3 Å². The van der Waals surface area contributed by atoms with Crippen LogP contribution in [0.3, 0.4) is 0 Å². The van der Waals surface area contributed by atoms with Crippen LogP contribution in [-0.2, 0) is 6.42 Å². The van der Waals surface area contributed by atoms with Crippen molar-refractivity contribution in [3.05, 3.63) is 33.8 Å². The van der Waals surface area contributed by atoms with Gasteiger partial charge in [-0.2, -0.15) is 0 Å². The first-order valence-electron chi connectivity index (χ1n) is 7.86. The van der Waals surface area contributed by atoms with Crippen molar-refractivity contribution in [3.8, 4) is 0 Å². The minimum Gasteiger partial charge on any atom is -0.317 e. The molecule has 1 N–H and O–H groups in total. The predicted molar refractivity (Wildman–Crippen MR) is 88.8 cm³/mol. The highest BCUT2D eigenvalue weighted by atomic mass is 35.5. The largest absolute Gasteiger partial charge is 0.317 e. The van der Waals surface area contributed by atoms with Crippen molar-refractivity contribution in [2.75, 3.05) is 13.1 Å². The summed E-state index contributed by atoms with van der Waals surface area (Å²) in [7, 11) is 0. The highest BCUT2D eigenvalue weighted by molar-refractivity contribution is 6.42. The van der Waals surface area contributed by atoms with Gasteiger partial charge < -0.3 is 5.32 Å². The van der Waals surface area contributed by atoms with E-state index in [1.54, 1.807) is 0 Å². The zero-order valence-electron chi connectivity index (χ0n) is 12.3. The van der Waals surface area contributed by atoms with Crippen molar-refractivity contribution < 1.29 is 0 Å². The lowest BCUT2D eigenvalue weighted by Gasteiger charge is -2.26. The molecule has 0 radical (unpaired) electrons. The van der Waals surface area contributed by atoms with Crippen LogP contribution in [0.25, 0.3) is 0 Å². The summed E-state index contributed by atoms with van der Waals surface area (Å²) in [5, 5.41) is 4.96. The molecule has 0 saturated heterocycles. The highest BCUT2D eigenvalue weighted by Gasteiger charge is 2.24. The third-order valence-corrected chi connectivity index (χ3v) is 5.34. The Kier molecular flexibility index (Phi) is 6.67. The van der Waals surface area contributed by atoms with Crippen LogP contribution >= 0.6 is 23.2 Å². The Morgan fingerprint density at radius 3 is 2.60 bits per heavy atom. The lowest BCUT2D eigenvalue weighted by atomic mass is 9.83. The standard InChI is InChI=1S/C17H25Cl2N/c1-2-20-12-15-8-5-3-4-7-13(15)11-14-9-6-10-16(18)17(14)19/h6,9-10,13,15,20H,2-5,7-8,11-12H2,1H3. The van der Waals surface area contributed by atoms with Crippen LogP contribution in [0.2, 0.25) is 10.0 Å². The number of rotatable bonds is 5. The van der Waals surface area contributed by atoms with E-state index in [9.17, 15) is 0 Å². The van der Waals surface area contributed by atoms with E-state index < -0.39 is 0 Å². The lowest BCUT2D eigenvalue weighted by Crippen LogP contribution is -2.28. The molecule has 2 atom stereocenters. The zero-order valence-corrected chi connectivity index (χ0v) is 13.8. The molecule has 0 heterocycles. The molecule has 3 heteroatoms. The lowest BCUT2D eigenvalue weighted by molar-refractivity contribution is 0.299. The van der Waals surface area contributed by atoms with Gasteiger partial charge in [0.1, 0.15) is 0 Å². The van der Waals surface area contributed by atoms with E-state index in [0.717, 1.165) is 36.4 Å². The van der Waals surface area contributed by atoms with Gasteiger partial charge in [0.2, 0.25) is 0 Å². The van der Waals surface area contributed by atoms with Crippen LogP contribution in [0.5, 0.6) is 0 Å². The maximum Gasteiger partial charge on any atom is 0.0624 e. The summed E-state index contributed by atoms with van der Waals surface area (Å²) in [6.07, 6.45) is 7.83. The molecule has 0 amide bonds. The molecule has 0 spiro atoms. The molecule has 1 aliphatic rings. The fraction of sp³-hybridized carbons (Fsp3) is 0.647.